The van der Waals surface area contributed by atoms with E-state index in [0.717, 1.165) is 24.2 Å². The molecule has 0 bridgehead atoms. The predicted octanol–water partition coefficient (Wildman–Crippen LogP) is 6.56. The molecular formula is C30H25N3O5. The second-order valence-corrected chi connectivity index (χ2v) is 8.74. The lowest BCUT2D eigenvalue weighted by Crippen LogP contribution is -2.26. The summed E-state index contributed by atoms with van der Waals surface area (Å²) in [5, 5.41) is 24.3. The number of para-hydroxylation sites is 2. The first kappa shape index (κ1) is 24.6. The molecule has 0 saturated heterocycles. The Morgan fingerprint density at radius 3 is 2.45 bits per heavy atom. The number of hydrogen-bond acceptors (Lipinski definition) is 6. The van der Waals surface area contributed by atoms with Gasteiger partial charge >= 0.3 is 6.16 Å². The van der Waals surface area contributed by atoms with Gasteiger partial charge in [0, 0.05) is 16.8 Å². The van der Waals surface area contributed by atoms with Gasteiger partial charge in [0.15, 0.2) is 5.71 Å². The first-order valence-electron chi connectivity index (χ1n) is 12.2. The summed E-state index contributed by atoms with van der Waals surface area (Å²) in [5.41, 5.74) is 7.72. The number of benzene rings is 4. The maximum Gasteiger partial charge on any atom is 0.511 e. The number of amides is 1. The van der Waals surface area contributed by atoms with E-state index in [1.54, 1.807) is 35.2 Å². The van der Waals surface area contributed by atoms with Gasteiger partial charge in [-0.05, 0) is 53.9 Å². The van der Waals surface area contributed by atoms with E-state index in [2.05, 4.69) is 17.5 Å². The highest BCUT2D eigenvalue weighted by molar-refractivity contribution is 6.55. The lowest BCUT2D eigenvalue weighted by Gasteiger charge is -2.17. The van der Waals surface area contributed by atoms with Crippen molar-refractivity contribution in [3.63, 3.8) is 0 Å². The number of fused-ring (bicyclic) bond motifs is 1. The molecule has 8 nitrogen and oxygen atoms in total. The smallest absolute Gasteiger partial charge is 0.505 e. The van der Waals surface area contributed by atoms with Crippen molar-refractivity contribution in [1.82, 2.24) is 0 Å². The number of carboxylic acid groups (broad SMARTS) is 1. The molecule has 190 valence electrons. The fraction of sp³-hybridized carbons (Fsp3) is 0.100. The van der Waals surface area contributed by atoms with Gasteiger partial charge in [0.05, 0.1) is 11.4 Å². The van der Waals surface area contributed by atoms with Crippen LogP contribution in [0.5, 0.6) is 11.5 Å². The highest BCUT2D eigenvalue weighted by Crippen LogP contribution is 2.38. The average Bonchev–Trinajstić information content (AvgIpc) is 3.19. The van der Waals surface area contributed by atoms with E-state index in [-0.39, 0.29) is 28.8 Å². The summed E-state index contributed by atoms with van der Waals surface area (Å²) in [6.45, 7) is 2.13. The van der Waals surface area contributed by atoms with Gasteiger partial charge in [-0.1, -0.05) is 67.9 Å². The largest absolute Gasteiger partial charge is 0.511 e. The minimum Gasteiger partial charge on any atom is -0.505 e. The van der Waals surface area contributed by atoms with Gasteiger partial charge in [-0.15, -0.1) is 0 Å². The molecule has 1 aliphatic rings. The third-order valence-corrected chi connectivity index (χ3v) is 6.21. The molecule has 1 amide bonds. The van der Waals surface area contributed by atoms with Crippen LogP contribution in [0.2, 0.25) is 0 Å². The number of anilines is 3. The van der Waals surface area contributed by atoms with E-state index in [1.807, 2.05) is 48.5 Å². The quantitative estimate of drug-likeness (QED) is 0.113. The van der Waals surface area contributed by atoms with Gasteiger partial charge in [-0.25, -0.2) is 4.79 Å². The Kier molecular flexibility index (Phi) is 6.78. The SMILES string of the molecule is CCCc1ccc(N2C(=O)C(=NNc3cccc(-c4cccc(OC(=O)O)c4)c3O)c3ccccc32)cc1. The van der Waals surface area contributed by atoms with Gasteiger partial charge in [-0.3, -0.25) is 15.1 Å². The zero-order chi connectivity index (χ0) is 26.6. The number of aromatic hydroxyl groups is 1. The third-order valence-electron chi connectivity index (χ3n) is 6.21. The third kappa shape index (κ3) is 4.79. The van der Waals surface area contributed by atoms with Crippen LogP contribution in [-0.2, 0) is 11.2 Å². The van der Waals surface area contributed by atoms with Crippen LogP contribution in [0.15, 0.2) is 96.1 Å². The Hall–Kier alpha value is -5.11. The molecule has 0 radical (unpaired) electrons. The van der Waals surface area contributed by atoms with Crippen LogP contribution in [0.1, 0.15) is 24.5 Å². The number of phenolic OH excluding ortho intramolecular Hbond substituents is 1. The second-order valence-electron chi connectivity index (χ2n) is 8.74. The molecule has 0 saturated carbocycles. The van der Waals surface area contributed by atoms with Crippen molar-refractivity contribution >= 4 is 34.8 Å². The van der Waals surface area contributed by atoms with E-state index < -0.39 is 6.16 Å². The molecule has 0 aliphatic carbocycles. The zero-order valence-electron chi connectivity index (χ0n) is 20.6. The normalized spacial score (nSPS) is 13.4. The van der Waals surface area contributed by atoms with E-state index in [0.29, 0.717) is 16.7 Å². The number of hydrogen-bond donors (Lipinski definition) is 3. The summed E-state index contributed by atoms with van der Waals surface area (Å²) >= 11 is 0. The number of hydrazone groups is 1. The summed E-state index contributed by atoms with van der Waals surface area (Å²) in [4.78, 5) is 26.0. The molecule has 4 aromatic rings. The number of phenols is 1. The van der Waals surface area contributed by atoms with Crippen molar-refractivity contribution in [2.75, 3.05) is 10.3 Å². The molecule has 0 unspecified atom stereocenters. The van der Waals surface area contributed by atoms with Gasteiger partial charge in [0.2, 0.25) is 0 Å². The van der Waals surface area contributed by atoms with E-state index in [9.17, 15) is 14.7 Å². The highest BCUT2D eigenvalue weighted by atomic mass is 16.7. The standard InChI is InChI=1S/C30H25N3O5/c1-2-7-19-14-16-21(17-15-19)33-26-13-4-3-10-24(26)27(29(33)35)32-31-25-12-6-11-23(28(25)34)20-8-5-9-22(18-20)38-30(36)37/h3-6,8-18,31,34H,2,7H2,1H3,(H,36,37). The molecule has 0 atom stereocenters. The molecule has 0 spiro atoms. The molecular weight excluding hydrogens is 482 g/mol. The number of nitrogens with zero attached hydrogens (tertiary/aromatic N) is 2. The summed E-state index contributed by atoms with van der Waals surface area (Å²) < 4.78 is 4.73. The first-order chi connectivity index (χ1) is 18.5. The Bertz CT molecular complexity index is 1550. The van der Waals surface area contributed by atoms with E-state index in [1.165, 1.54) is 17.7 Å². The number of rotatable bonds is 7. The summed E-state index contributed by atoms with van der Waals surface area (Å²) in [7, 11) is 0. The lowest BCUT2D eigenvalue weighted by molar-refractivity contribution is -0.111. The second kappa shape index (κ2) is 10.5. The van der Waals surface area contributed by atoms with Crippen molar-refractivity contribution in [2.45, 2.75) is 19.8 Å². The van der Waals surface area contributed by atoms with E-state index in [4.69, 9.17) is 9.84 Å². The number of aryl methyl sites for hydroxylation is 1. The molecule has 0 aromatic heterocycles. The van der Waals surface area contributed by atoms with Gasteiger partial charge in [0.25, 0.3) is 5.91 Å². The minimum absolute atomic E-state index is 0.105. The average molecular weight is 508 g/mol. The van der Waals surface area contributed by atoms with Crippen molar-refractivity contribution in [1.29, 1.82) is 0 Å². The fourth-order valence-corrected chi connectivity index (χ4v) is 4.47. The number of ether oxygens (including phenoxy) is 1. The van der Waals surface area contributed by atoms with Crippen LogP contribution in [0.25, 0.3) is 11.1 Å². The number of carbonyl (C=O) groups is 2. The zero-order valence-corrected chi connectivity index (χ0v) is 20.6. The van der Waals surface area contributed by atoms with Crippen LogP contribution in [0, 0.1) is 0 Å². The van der Waals surface area contributed by atoms with Gasteiger partial charge in [0.1, 0.15) is 11.5 Å². The van der Waals surface area contributed by atoms with Crippen LogP contribution in [-0.4, -0.2) is 28.0 Å². The molecule has 3 N–H and O–H groups in total. The monoisotopic (exact) mass is 507 g/mol. The van der Waals surface area contributed by atoms with Crippen LogP contribution in [0.4, 0.5) is 21.9 Å². The van der Waals surface area contributed by atoms with Crippen molar-refractivity contribution < 1.29 is 24.5 Å². The maximum absolute atomic E-state index is 13.5. The summed E-state index contributed by atoms with van der Waals surface area (Å²) in [5.74, 6) is -0.258. The Labute approximate surface area is 219 Å². The number of carbonyl (C=O) groups excluding carboxylic acids is 1. The topological polar surface area (TPSA) is 111 Å². The fourth-order valence-electron chi connectivity index (χ4n) is 4.47. The maximum atomic E-state index is 13.5. The molecule has 8 heteroatoms. The van der Waals surface area contributed by atoms with Crippen LogP contribution in [0.3, 0.4) is 0 Å². The summed E-state index contributed by atoms with van der Waals surface area (Å²) in [6, 6.07) is 26.8. The Morgan fingerprint density at radius 1 is 0.947 bits per heavy atom. The number of nitrogens with one attached hydrogen (secondary N) is 1. The Balaban J connectivity index is 1.45. The first-order valence-corrected chi connectivity index (χ1v) is 12.2. The van der Waals surface area contributed by atoms with Crippen molar-refractivity contribution in [2.24, 2.45) is 5.10 Å². The molecule has 4 aromatic carbocycles. The molecule has 1 aliphatic heterocycles. The van der Waals surface area contributed by atoms with Crippen molar-refractivity contribution in [3.05, 3.63) is 102 Å². The van der Waals surface area contributed by atoms with Crippen LogP contribution >= 0.6 is 0 Å². The highest BCUT2D eigenvalue weighted by Gasteiger charge is 2.35. The van der Waals surface area contributed by atoms with E-state index >= 15 is 0 Å². The Morgan fingerprint density at radius 2 is 1.68 bits per heavy atom. The van der Waals surface area contributed by atoms with Gasteiger partial charge < -0.3 is 14.9 Å². The van der Waals surface area contributed by atoms with Crippen LogP contribution < -0.4 is 15.1 Å². The molecule has 5 rings (SSSR count). The molecule has 38 heavy (non-hydrogen) atoms. The molecule has 1 heterocycles. The molecule has 0 fully saturated rings. The minimum atomic E-state index is -1.43. The summed E-state index contributed by atoms with van der Waals surface area (Å²) in [6.07, 6.45) is 0.592. The van der Waals surface area contributed by atoms with Crippen molar-refractivity contribution in [3.8, 4) is 22.6 Å². The lowest BCUT2D eigenvalue weighted by atomic mass is 10.0. The predicted molar refractivity (Wildman–Crippen MR) is 146 cm³/mol. The van der Waals surface area contributed by atoms with Gasteiger partial charge in [-0.2, -0.15) is 5.10 Å².